The lowest BCUT2D eigenvalue weighted by molar-refractivity contribution is 0.0922. The molecular formula is C21H23N3O4S. The number of carbonyl (C=O) groups is 1. The molecule has 1 amide bonds. The normalized spacial score (nSPS) is 19.4. The number of nitrogens with zero attached hydrogens (tertiary/aromatic N) is 2. The first-order valence-electron chi connectivity index (χ1n) is 9.56. The van der Waals surface area contributed by atoms with E-state index < -0.39 is 10.0 Å². The summed E-state index contributed by atoms with van der Waals surface area (Å²) in [5.74, 6) is 0.357. The first kappa shape index (κ1) is 19.4. The van der Waals surface area contributed by atoms with Crippen molar-refractivity contribution in [1.29, 1.82) is 0 Å². The van der Waals surface area contributed by atoms with Crippen LogP contribution in [0.15, 0.2) is 57.2 Å². The second-order valence-electron chi connectivity index (χ2n) is 7.46. The van der Waals surface area contributed by atoms with Gasteiger partial charge in [0.25, 0.3) is 15.9 Å². The van der Waals surface area contributed by atoms with Crippen LogP contribution in [0.4, 0.5) is 0 Å². The first-order valence-corrected chi connectivity index (χ1v) is 11.0. The number of hydrogen-bond donors (Lipinski definition) is 1. The van der Waals surface area contributed by atoms with Crippen LogP contribution in [0.1, 0.15) is 41.3 Å². The molecule has 2 aromatic rings. The van der Waals surface area contributed by atoms with Gasteiger partial charge in [0.1, 0.15) is 17.0 Å². The molecule has 0 aliphatic carbocycles. The Morgan fingerprint density at radius 3 is 2.45 bits per heavy atom. The van der Waals surface area contributed by atoms with Gasteiger partial charge in [-0.2, -0.15) is 8.42 Å². The maximum atomic E-state index is 12.7. The third-order valence-corrected chi connectivity index (χ3v) is 6.84. The molecule has 0 unspecified atom stereocenters. The zero-order valence-electron chi connectivity index (χ0n) is 16.4. The molecule has 0 radical (unpaired) electrons. The lowest BCUT2D eigenvalue weighted by atomic mass is 10.0. The van der Waals surface area contributed by atoms with E-state index in [0.29, 0.717) is 35.6 Å². The van der Waals surface area contributed by atoms with E-state index in [1.54, 1.807) is 6.07 Å². The van der Waals surface area contributed by atoms with Crippen LogP contribution >= 0.6 is 0 Å². The fourth-order valence-electron chi connectivity index (χ4n) is 3.79. The maximum Gasteiger partial charge on any atom is 0.285 e. The number of nitrogens with one attached hydrogen (secondary N) is 1. The smallest absolute Gasteiger partial charge is 0.285 e. The van der Waals surface area contributed by atoms with E-state index in [9.17, 15) is 13.2 Å². The number of likely N-dealkylation sites (tertiary alicyclic amines) is 1. The van der Waals surface area contributed by atoms with Crippen molar-refractivity contribution in [3.63, 3.8) is 0 Å². The van der Waals surface area contributed by atoms with E-state index in [2.05, 4.69) is 9.71 Å². The molecule has 0 spiro atoms. The van der Waals surface area contributed by atoms with Crippen molar-refractivity contribution in [2.24, 2.45) is 4.40 Å². The van der Waals surface area contributed by atoms with E-state index in [4.69, 9.17) is 4.42 Å². The maximum absolute atomic E-state index is 12.7. The molecule has 2 aliphatic rings. The summed E-state index contributed by atoms with van der Waals surface area (Å²) in [6, 6.07) is 9.11. The van der Waals surface area contributed by atoms with E-state index in [-0.39, 0.29) is 16.9 Å². The lowest BCUT2D eigenvalue weighted by Gasteiger charge is -2.33. The van der Waals surface area contributed by atoms with Gasteiger partial charge in [-0.3, -0.25) is 4.79 Å². The number of rotatable bonds is 3. The number of amidine groups is 1. The Balaban J connectivity index is 1.47. The minimum atomic E-state index is -3.72. The minimum absolute atomic E-state index is 0.0353. The average Bonchev–Trinajstić information content (AvgIpc) is 3.30. The number of hydrogen-bond acceptors (Lipinski definition) is 5. The van der Waals surface area contributed by atoms with Gasteiger partial charge in [0.05, 0.1) is 11.8 Å². The highest BCUT2D eigenvalue weighted by molar-refractivity contribution is 8.00. The third kappa shape index (κ3) is 3.85. The highest BCUT2D eigenvalue weighted by Crippen LogP contribution is 2.34. The molecule has 0 saturated carbocycles. The van der Waals surface area contributed by atoms with Crippen LogP contribution in [0, 0.1) is 6.92 Å². The zero-order chi connectivity index (χ0) is 20.6. The molecule has 152 valence electrons. The van der Waals surface area contributed by atoms with E-state index in [1.165, 1.54) is 12.5 Å². The number of carbonyl (C=O) groups excluding carboxylic acids is 1. The van der Waals surface area contributed by atoms with Crippen LogP contribution in [0.25, 0.3) is 4.91 Å². The van der Waals surface area contributed by atoms with Gasteiger partial charge in [-0.15, -0.1) is 4.40 Å². The third-order valence-electron chi connectivity index (χ3n) is 5.37. The molecular weight excluding hydrogens is 390 g/mol. The first-order chi connectivity index (χ1) is 13.8. The van der Waals surface area contributed by atoms with Crippen LogP contribution in [-0.4, -0.2) is 44.2 Å². The minimum Gasteiger partial charge on any atom is -0.472 e. The highest BCUT2D eigenvalue weighted by Gasteiger charge is 2.35. The Morgan fingerprint density at radius 2 is 1.83 bits per heavy atom. The van der Waals surface area contributed by atoms with Crippen LogP contribution in [0.5, 0.6) is 0 Å². The molecule has 0 bridgehead atoms. The molecule has 4 rings (SSSR count). The predicted molar refractivity (Wildman–Crippen MR) is 111 cm³/mol. The van der Waals surface area contributed by atoms with Crippen LogP contribution in [-0.2, 0) is 10.0 Å². The standard InChI is InChI=1S/C21H23N3O4S/c1-14-3-5-16(6-4-14)19-15(2)20(23-29(19,26)27)24-10-7-18(8-11-24)22-21(25)17-9-12-28-13-17/h3-6,9,12-13,18H,7-8,10-11H2,1-2H3,(H,22,25). The number of sulfonamides is 1. The van der Waals surface area contributed by atoms with Crippen molar-refractivity contribution in [2.75, 3.05) is 13.1 Å². The Bertz CT molecular complexity index is 1080. The summed E-state index contributed by atoms with van der Waals surface area (Å²) in [6.45, 7) is 5.03. The molecule has 1 saturated heterocycles. The van der Waals surface area contributed by atoms with E-state index in [0.717, 1.165) is 18.4 Å². The highest BCUT2D eigenvalue weighted by atomic mass is 32.2. The van der Waals surface area contributed by atoms with Crippen LogP contribution in [0.2, 0.25) is 0 Å². The van der Waals surface area contributed by atoms with E-state index >= 15 is 0 Å². The van der Waals surface area contributed by atoms with Crippen molar-refractivity contribution in [3.8, 4) is 0 Å². The van der Waals surface area contributed by atoms with Crippen LogP contribution < -0.4 is 5.32 Å². The molecule has 1 aromatic heterocycles. The second-order valence-corrected chi connectivity index (χ2v) is 9.00. The summed E-state index contributed by atoms with van der Waals surface area (Å²) in [4.78, 5) is 14.5. The number of amides is 1. The zero-order valence-corrected chi connectivity index (χ0v) is 17.2. The summed E-state index contributed by atoms with van der Waals surface area (Å²) in [6.07, 6.45) is 4.33. The van der Waals surface area contributed by atoms with Gasteiger partial charge in [0, 0.05) is 24.7 Å². The summed E-state index contributed by atoms with van der Waals surface area (Å²) in [5, 5.41) is 3.00. The quantitative estimate of drug-likeness (QED) is 0.835. The fraction of sp³-hybridized carbons (Fsp3) is 0.333. The summed E-state index contributed by atoms with van der Waals surface area (Å²) in [7, 11) is -3.72. The van der Waals surface area contributed by atoms with Gasteiger partial charge in [-0.05, 0) is 38.3 Å². The second kappa shape index (κ2) is 7.51. The summed E-state index contributed by atoms with van der Waals surface area (Å²) < 4.78 is 34.4. The summed E-state index contributed by atoms with van der Waals surface area (Å²) in [5.41, 5.74) is 2.91. The van der Waals surface area contributed by atoms with Crippen molar-refractivity contribution >= 4 is 26.7 Å². The number of aryl methyl sites for hydroxylation is 1. The molecule has 1 aromatic carbocycles. The molecule has 1 N–H and O–H groups in total. The Morgan fingerprint density at radius 1 is 1.14 bits per heavy atom. The molecule has 7 nitrogen and oxygen atoms in total. The van der Waals surface area contributed by atoms with Crippen molar-refractivity contribution in [2.45, 2.75) is 32.7 Å². The predicted octanol–water partition coefficient (Wildman–Crippen LogP) is 2.96. The van der Waals surface area contributed by atoms with Gasteiger partial charge in [-0.25, -0.2) is 0 Å². The van der Waals surface area contributed by atoms with Gasteiger partial charge in [0.15, 0.2) is 0 Å². The van der Waals surface area contributed by atoms with E-state index in [1.807, 2.05) is 43.0 Å². The van der Waals surface area contributed by atoms with Crippen molar-refractivity contribution < 1.29 is 17.6 Å². The largest absolute Gasteiger partial charge is 0.472 e. The molecule has 8 heteroatoms. The Kier molecular flexibility index (Phi) is 5.04. The SMILES string of the molecule is CC1=C(c2ccc(C)cc2)S(=O)(=O)N=C1N1CCC(NC(=O)c2ccoc2)CC1. The van der Waals surface area contributed by atoms with Crippen molar-refractivity contribution in [1.82, 2.24) is 10.2 Å². The monoisotopic (exact) mass is 413 g/mol. The lowest BCUT2D eigenvalue weighted by Crippen LogP contribution is -2.46. The Hall–Kier alpha value is -2.87. The summed E-state index contributed by atoms with van der Waals surface area (Å²) >= 11 is 0. The molecule has 29 heavy (non-hydrogen) atoms. The topological polar surface area (TPSA) is 92.0 Å². The van der Waals surface area contributed by atoms with Crippen LogP contribution in [0.3, 0.4) is 0 Å². The molecule has 2 aliphatic heterocycles. The fourth-order valence-corrected chi connectivity index (χ4v) is 5.27. The average molecular weight is 413 g/mol. The van der Waals surface area contributed by atoms with Gasteiger partial charge in [0.2, 0.25) is 0 Å². The molecule has 0 atom stereocenters. The molecule has 1 fully saturated rings. The van der Waals surface area contributed by atoms with Crippen molar-refractivity contribution in [3.05, 3.63) is 65.1 Å². The molecule has 3 heterocycles. The number of piperidine rings is 1. The van der Waals surface area contributed by atoms with Gasteiger partial charge >= 0.3 is 0 Å². The number of furan rings is 1. The number of benzene rings is 1. The Labute approximate surface area is 170 Å². The van der Waals surface area contributed by atoms with Gasteiger partial charge < -0.3 is 14.6 Å². The van der Waals surface area contributed by atoms with Gasteiger partial charge in [-0.1, -0.05) is 29.8 Å².